The molecular weight excluding hydrogens is 613 g/mol. The zero-order valence-electron chi connectivity index (χ0n) is 22.8. The summed E-state index contributed by atoms with van der Waals surface area (Å²) >= 11 is 5.96. The largest absolute Gasteiger partial charge is 0.488 e. The van der Waals surface area contributed by atoms with Crippen LogP contribution in [0.3, 0.4) is 0 Å². The Balaban J connectivity index is 1.11. The van der Waals surface area contributed by atoms with Crippen LogP contribution in [0.4, 0.5) is 30.7 Å². The molecule has 2 atom stereocenters. The average molecular weight is 637 g/mol. The summed E-state index contributed by atoms with van der Waals surface area (Å²) in [6.07, 6.45) is -9.65. The van der Waals surface area contributed by atoms with Gasteiger partial charge in [-0.15, -0.1) is 0 Å². The van der Waals surface area contributed by atoms with Gasteiger partial charge >= 0.3 is 12.4 Å². The van der Waals surface area contributed by atoms with Crippen molar-refractivity contribution in [1.82, 2.24) is 10.9 Å². The lowest BCUT2D eigenvalue weighted by Crippen LogP contribution is -2.44. The van der Waals surface area contributed by atoms with Gasteiger partial charge in [0.2, 0.25) is 0 Å². The molecule has 2 aliphatic rings. The molecule has 0 saturated heterocycles. The summed E-state index contributed by atoms with van der Waals surface area (Å²) in [5.41, 5.74) is 6.67. The molecule has 0 aromatic heterocycles. The molecule has 6 rings (SSSR count). The number of benzene rings is 4. The number of hydrogen-bond acceptors (Lipinski definition) is 4. The van der Waals surface area contributed by atoms with Crippen molar-refractivity contribution in [1.29, 1.82) is 0 Å². The van der Waals surface area contributed by atoms with E-state index in [0.717, 1.165) is 24.3 Å². The lowest BCUT2D eigenvalue weighted by Gasteiger charge is -2.17. The molecule has 4 nitrogen and oxygen atoms in total. The fourth-order valence-electron chi connectivity index (χ4n) is 5.48. The van der Waals surface area contributed by atoms with Crippen LogP contribution in [0.1, 0.15) is 22.3 Å². The number of fused-ring (bicyclic) bond motifs is 2. The zero-order chi connectivity index (χ0) is 31.2. The molecule has 12 heteroatoms. The third kappa shape index (κ3) is 6.36. The maximum absolute atomic E-state index is 13.7. The van der Waals surface area contributed by atoms with E-state index in [4.69, 9.17) is 21.1 Å². The second-order valence-electron chi connectivity index (χ2n) is 10.7. The van der Waals surface area contributed by atoms with Crippen molar-refractivity contribution in [3.8, 4) is 33.8 Å². The van der Waals surface area contributed by atoms with Crippen molar-refractivity contribution in [3.05, 3.63) is 106 Å². The highest BCUT2D eigenvalue weighted by molar-refractivity contribution is 6.30. The maximum atomic E-state index is 13.7. The zero-order valence-corrected chi connectivity index (χ0v) is 23.5. The van der Waals surface area contributed by atoms with Gasteiger partial charge in [-0.3, -0.25) is 10.9 Å². The van der Waals surface area contributed by atoms with Crippen molar-refractivity contribution >= 4 is 11.6 Å². The van der Waals surface area contributed by atoms with E-state index in [9.17, 15) is 30.7 Å². The summed E-state index contributed by atoms with van der Waals surface area (Å²) in [5, 5.41) is 0.452. The Hall–Kier alpha value is -3.80. The third-order valence-corrected chi connectivity index (χ3v) is 7.80. The number of nitrogens with one attached hydrogen (secondary N) is 2. The second kappa shape index (κ2) is 11.6. The van der Waals surface area contributed by atoms with E-state index >= 15 is 0 Å². The molecule has 230 valence electrons. The Morgan fingerprint density at radius 1 is 0.636 bits per heavy atom. The van der Waals surface area contributed by atoms with Crippen LogP contribution < -0.4 is 20.3 Å². The minimum Gasteiger partial charge on any atom is -0.488 e. The lowest BCUT2D eigenvalue weighted by atomic mass is 9.97. The number of ether oxygens (including phenoxy) is 2. The summed E-state index contributed by atoms with van der Waals surface area (Å²) in [6, 6.07) is 15.8. The highest BCUT2D eigenvalue weighted by Gasteiger charge is 2.37. The molecule has 0 amide bonds. The first-order valence-electron chi connectivity index (χ1n) is 13.6. The molecule has 0 spiro atoms. The Kier molecular flexibility index (Phi) is 7.98. The van der Waals surface area contributed by atoms with Gasteiger partial charge in [0.05, 0.1) is 11.1 Å². The molecule has 2 heterocycles. The van der Waals surface area contributed by atoms with Crippen molar-refractivity contribution in [3.63, 3.8) is 0 Å². The first-order valence-corrected chi connectivity index (χ1v) is 14.0. The van der Waals surface area contributed by atoms with Gasteiger partial charge in [-0.25, -0.2) is 4.39 Å². The first-order chi connectivity index (χ1) is 20.8. The molecular formula is C32H24ClF7N2O2. The number of rotatable bonds is 7. The molecule has 2 aliphatic heterocycles. The summed E-state index contributed by atoms with van der Waals surface area (Å²) in [6.45, 7) is 0.446. The van der Waals surface area contributed by atoms with Gasteiger partial charge in [0.25, 0.3) is 0 Å². The van der Waals surface area contributed by atoms with E-state index in [-0.39, 0.29) is 31.5 Å². The first kappa shape index (κ1) is 30.2. The fourth-order valence-corrected chi connectivity index (χ4v) is 5.61. The number of alkyl halides is 6. The Morgan fingerprint density at radius 2 is 1.05 bits per heavy atom. The van der Waals surface area contributed by atoms with E-state index in [1.807, 2.05) is 0 Å². The van der Waals surface area contributed by atoms with E-state index in [0.29, 0.717) is 44.3 Å². The van der Waals surface area contributed by atoms with E-state index < -0.39 is 41.5 Å². The number of hydrogen-bond donors (Lipinski definition) is 2. The van der Waals surface area contributed by atoms with Gasteiger partial charge in [0.15, 0.2) is 0 Å². The van der Waals surface area contributed by atoms with Crippen LogP contribution in [0.5, 0.6) is 11.5 Å². The van der Waals surface area contributed by atoms with Crippen LogP contribution in [0.25, 0.3) is 22.3 Å². The topological polar surface area (TPSA) is 42.5 Å². The SMILES string of the molecule is Fc1ccc(-c2cc(C(F)(F)F)cc3c2OC(CNNCC2Cc4cc(C(F)(F)F)cc(-c5ccc(Cl)cc5)c4O2)C3)cc1. The Morgan fingerprint density at radius 3 is 1.45 bits per heavy atom. The minimum atomic E-state index is -4.57. The van der Waals surface area contributed by atoms with E-state index in [2.05, 4.69) is 10.9 Å². The van der Waals surface area contributed by atoms with Crippen LogP contribution in [0, 0.1) is 5.82 Å². The number of halogens is 8. The molecule has 0 aliphatic carbocycles. The molecule has 2 unspecified atom stereocenters. The smallest absolute Gasteiger partial charge is 0.416 e. The van der Waals surface area contributed by atoms with Crippen molar-refractivity contribution in [2.24, 2.45) is 0 Å². The Labute approximate surface area is 252 Å². The van der Waals surface area contributed by atoms with E-state index in [1.54, 1.807) is 24.3 Å². The standard InChI is InChI=1S/C32H24ClF7N2O2/c33-23-5-1-17(2-6-23)27-13-21(31(35,36)37)9-19-11-25(43-29(19)27)15-41-42-16-26-12-20-10-22(32(38,39)40)14-28(30(20)44-26)18-3-7-24(34)8-4-18/h1-10,13-14,25-26,41-42H,11-12,15-16H2. The molecule has 0 radical (unpaired) electrons. The third-order valence-electron chi connectivity index (χ3n) is 7.55. The van der Waals surface area contributed by atoms with E-state index in [1.165, 1.54) is 24.3 Å². The van der Waals surface area contributed by atoms with Gasteiger partial charge in [0.1, 0.15) is 29.5 Å². The molecule has 0 fully saturated rings. The monoisotopic (exact) mass is 636 g/mol. The molecule has 44 heavy (non-hydrogen) atoms. The van der Waals surface area contributed by atoms with Crippen LogP contribution in [-0.4, -0.2) is 25.3 Å². The highest BCUT2D eigenvalue weighted by atomic mass is 35.5. The fraction of sp³-hybridized carbons (Fsp3) is 0.250. The van der Waals surface area contributed by atoms with Crippen LogP contribution >= 0.6 is 11.6 Å². The molecule has 0 bridgehead atoms. The Bertz CT molecular complexity index is 1550. The average Bonchev–Trinajstić information content (AvgIpc) is 3.58. The molecule has 2 N–H and O–H groups in total. The van der Waals surface area contributed by atoms with Crippen molar-refractivity contribution < 1.29 is 40.2 Å². The predicted octanol–water partition coefficient (Wildman–Crippen LogP) is 8.25. The summed E-state index contributed by atoms with van der Waals surface area (Å²) < 4.78 is 107. The predicted molar refractivity (Wildman–Crippen MR) is 151 cm³/mol. The van der Waals surface area contributed by atoms with Gasteiger partial charge in [-0.05, 0) is 70.8 Å². The summed E-state index contributed by atoms with van der Waals surface area (Å²) in [4.78, 5) is 0. The summed E-state index contributed by atoms with van der Waals surface area (Å²) in [7, 11) is 0. The van der Waals surface area contributed by atoms with Gasteiger partial charge < -0.3 is 9.47 Å². The van der Waals surface area contributed by atoms with Crippen molar-refractivity contribution in [2.75, 3.05) is 13.1 Å². The quantitative estimate of drug-likeness (QED) is 0.122. The molecule has 0 saturated carbocycles. The van der Waals surface area contributed by atoms with Gasteiger partial charge in [-0.2, -0.15) is 26.3 Å². The highest BCUT2D eigenvalue weighted by Crippen LogP contribution is 2.45. The van der Waals surface area contributed by atoms with Crippen molar-refractivity contribution in [2.45, 2.75) is 37.4 Å². The lowest BCUT2D eigenvalue weighted by molar-refractivity contribution is -0.138. The number of hydrazine groups is 1. The van der Waals surface area contributed by atoms with Crippen LogP contribution in [0.2, 0.25) is 5.02 Å². The second-order valence-corrected chi connectivity index (χ2v) is 11.1. The summed E-state index contributed by atoms with van der Waals surface area (Å²) in [5.74, 6) is 0.166. The normalized spacial score (nSPS) is 17.6. The van der Waals surface area contributed by atoms with Crippen LogP contribution in [0.15, 0.2) is 72.8 Å². The minimum absolute atomic E-state index is 0.207. The van der Waals surface area contributed by atoms with Gasteiger partial charge in [-0.1, -0.05) is 35.9 Å². The maximum Gasteiger partial charge on any atom is 0.416 e. The molecule has 4 aromatic rings. The van der Waals surface area contributed by atoms with Crippen LogP contribution in [-0.2, 0) is 25.2 Å². The van der Waals surface area contributed by atoms with Gasteiger partial charge in [0, 0.05) is 42.1 Å². The molecule has 4 aromatic carbocycles.